The van der Waals surface area contributed by atoms with Crippen molar-refractivity contribution in [2.45, 2.75) is 46.7 Å². The highest BCUT2D eigenvalue weighted by molar-refractivity contribution is 5.85. The first-order chi connectivity index (χ1) is 14.3. The second-order valence-electron chi connectivity index (χ2n) is 8.15. The highest BCUT2D eigenvalue weighted by Crippen LogP contribution is 2.19. The highest BCUT2D eigenvalue weighted by Gasteiger charge is 2.21. The molecule has 0 saturated carbocycles. The van der Waals surface area contributed by atoms with E-state index < -0.39 is 0 Å². The number of H-pyrrole nitrogens is 1. The van der Waals surface area contributed by atoms with Gasteiger partial charge in [0.15, 0.2) is 0 Å². The summed E-state index contributed by atoms with van der Waals surface area (Å²) in [7, 11) is 0. The highest BCUT2D eigenvalue weighted by atomic mass is 16.2. The van der Waals surface area contributed by atoms with Gasteiger partial charge in [-0.3, -0.25) is 9.59 Å². The molecule has 3 aromatic rings. The van der Waals surface area contributed by atoms with Crippen molar-refractivity contribution in [3.8, 4) is 0 Å². The van der Waals surface area contributed by atoms with Gasteiger partial charge in [-0.05, 0) is 44.4 Å². The Balaban J connectivity index is 1.78. The average Bonchev–Trinajstić information content (AvgIpc) is 3.13. The van der Waals surface area contributed by atoms with Gasteiger partial charge in [-0.2, -0.15) is 0 Å². The van der Waals surface area contributed by atoms with Crippen LogP contribution >= 0.6 is 0 Å². The van der Waals surface area contributed by atoms with Gasteiger partial charge in [0.2, 0.25) is 11.8 Å². The molecule has 2 amide bonds. The number of fused-ring (bicyclic) bond motifs is 1. The fourth-order valence-corrected chi connectivity index (χ4v) is 3.70. The zero-order valence-electron chi connectivity index (χ0n) is 18.3. The third-order valence-corrected chi connectivity index (χ3v) is 5.51. The molecular formula is C25H31N3O2. The Morgan fingerprint density at radius 1 is 1.03 bits per heavy atom. The number of rotatable bonds is 8. The van der Waals surface area contributed by atoms with Crippen LogP contribution in [-0.2, 0) is 22.6 Å². The molecule has 158 valence electrons. The molecule has 1 N–H and O–H groups in total. The molecular weight excluding hydrogens is 374 g/mol. The molecule has 0 saturated heterocycles. The number of nitrogens with zero attached hydrogens (tertiary/aromatic N) is 2. The van der Waals surface area contributed by atoms with E-state index in [9.17, 15) is 9.59 Å². The standard InChI is InChI=1S/C25H31N3O2/c1-18(2)28(20(4)29)17-25(30)27(16-21-11-9-19(3)10-12-21)14-13-22-15-26-24-8-6-5-7-23(22)24/h5-12,15,18,26H,13-14,16-17H2,1-4H3. The monoisotopic (exact) mass is 405 g/mol. The van der Waals surface area contributed by atoms with Crippen molar-refractivity contribution in [1.29, 1.82) is 0 Å². The van der Waals surface area contributed by atoms with E-state index in [-0.39, 0.29) is 24.4 Å². The summed E-state index contributed by atoms with van der Waals surface area (Å²) in [5, 5.41) is 1.19. The quantitative estimate of drug-likeness (QED) is 0.607. The molecule has 0 radical (unpaired) electrons. The fraction of sp³-hybridized carbons (Fsp3) is 0.360. The Labute approximate surface area is 178 Å². The minimum Gasteiger partial charge on any atom is -0.361 e. The number of nitrogens with one attached hydrogen (secondary N) is 1. The number of aromatic amines is 1. The molecule has 0 fully saturated rings. The van der Waals surface area contributed by atoms with Gasteiger partial charge in [0.25, 0.3) is 0 Å². The predicted molar refractivity (Wildman–Crippen MR) is 121 cm³/mol. The lowest BCUT2D eigenvalue weighted by atomic mass is 10.1. The van der Waals surface area contributed by atoms with Crippen molar-refractivity contribution in [3.05, 3.63) is 71.4 Å². The van der Waals surface area contributed by atoms with Gasteiger partial charge in [-0.25, -0.2) is 0 Å². The van der Waals surface area contributed by atoms with Gasteiger partial charge in [-0.1, -0.05) is 48.0 Å². The van der Waals surface area contributed by atoms with Crippen LogP contribution in [0.3, 0.4) is 0 Å². The van der Waals surface area contributed by atoms with Crippen LogP contribution in [0.1, 0.15) is 37.5 Å². The molecule has 0 atom stereocenters. The molecule has 5 nitrogen and oxygen atoms in total. The van der Waals surface area contributed by atoms with Crippen LogP contribution < -0.4 is 0 Å². The fourth-order valence-electron chi connectivity index (χ4n) is 3.70. The Morgan fingerprint density at radius 2 is 1.73 bits per heavy atom. The summed E-state index contributed by atoms with van der Waals surface area (Å²) in [6, 6.07) is 16.4. The second kappa shape index (κ2) is 9.61. The Kier molecular flexibility index (Phi) is 6.93. The van der Waals surface area contributed by atoms with Crippen LogP contribution in [0.5, 0.6) is 0 Å². The SMILES string of the molecule is CC(=O)N(CC(=O)N(CCc1c[nH]c2ccccc12)Cc1ccc(C)cc1)C(C)C. The molecule has 0 aliphatic rings. The van der Waals surface area contributed by atoms with Crippen LogP contribution in [0, 0.1) is 6.92 Å². The van der Waals surface area contributed by atoms with Crippen molar-refractivity contribution >= 4 is 22.7 Å². The molecule has 1 aromatic heterocycles. The normalized spacial score (nSPS) is 11.1. The number of hydrogen-bond acceptors (Lipinski definition) is 2. The summed E-state index contributed by atoms with van der Waals surface area (Å²) < 4.78 is 0. The van der Waals surface area contributed by atoms with Crippen LogP contribution in [0.15, 0.2) is 54.7 Å². The van der Waals surface area contributed by atoms with Crippen LogP contribution in [0.2, 0.25) is 0 Å². The number of aryl methyl sites for hydroxylation is 1. The van der Waals surface area contributed by atoms with Gasteiger partial charge in [0.05, 0.1) is 6.54 Å². The van der Waals surface area contributed by atoms with Gasteiger partial charge >= 0.3 is 0 Å². The van der Waals surface area contributed by atoms with E-state index >= 15 is 0 Å². The molecule has 0 aliphatic heterocycles. The van der Waals surface area contributed by atoms with Crippen molar-refractivity contribution in [3.63, 3.8) is 0 Å². The first kappa shape index (κ1) is 21.6. The molecule has 30 heavy (non-hydrogen) atoms. The number of aromatic nitrogens is 1. The van der Waals surface area contributed by atoms with Crippen molar-refractivity contribution in [2.75, 3.05) is 13.1 Å². The van der Waals surface area contributed by atoms with Crippen LogP contribution in [-0.4, -0.2) is 45.7 Å². The summed E-state index contributed by atoms with van der Waals surface area (Å²) in [6.07, 6.45) is 2.78. The van der Waals surface area contributed by atoms with E-state index in [1.165, 1.54) is 23.4 Å². The summed E-state index contributed by atoms with van der Waals surface area (Å²) in [4.78, 5) is 32.0. The maximum Gasteiger partial charge on any atom is 0.242 e. The summed E-state index contributed by atoms with van der Waals surface area (Å²) in [5.41, 5.74) is 4.58. The maximum absolute atomic E-state index is 13.2. The minimum absolute atomic E-state index is 0.0127. The molecule has 0 aliphatic carbocycles. The summed E-state index contributed by atoms with van der Waals surface area (Å²) in [6.45, 7) is 8.67. The van der Waals surface area contributed by atoms with Crippen molar-refractivity contribution in [2.24, 2.45) is 0 Å². The summed E-state index contributed by atoms with van der Waals surface area (Å²) in [5.74, 6) is -0.107. The van der Waals surface area contributed by atoms with Crippen molar-refractivity contribution in [1.82, 2.24) is 14.8 Å². The Morgan fingerprint density at radius 3 is 2.40 bits per heavy atom. The van der Waals surface area contributed by atoms with Crippen LogP contribution in [0.4, 0.5) is 0 Å². The van der Waals surface area contributed by atoms with Gasteiger partial charge in [0.1, 0.15) is 0 Å². The topological polar surface area (TPSA) is 56.4 Å². The van der Waals surface area contributed by atoms with E-state index in [1.807, 2.05) is 37.1 Å². The van der Waals surface area contributed by atoms with Gasteiger partial charge in [0, 0.05) is 43.2 Å². The second-order valence-corrected chi connectivity index (χ2v) is 8.15. The van der Waals surface area contributed by atoms with E-state index in [2.05, 4.69) is 48.3 Å². The molecule has 0 unspecified atom stereocenters. The largest absolute Gasteiger partial charge is 0.361 e. The van der Waals surface area contributed by atoms with E-state index in [0.717, 1.165) is 17.5 Å². The van der Waals surface area contributed by atoms with E-state index in [0.29, 0.717) is 13.1 Å². The first-order valence-corrected chi connectivity index (χ1v) is 10.5. The number of carbonyl (C=O) groups is 2. The lowest BCUT2D eigenvalue weighted by Gasteiger charge is -2.29. The first-order valence-electron chi connectivity index (χ1n) is 10.5. The van der Waals surface area contributed by atoms with E-state index in [4.69, 9.17) is 0 Å². The lowest BCUT2D eigenvalue weighted by Crippen LogP contribution is -2.45. The zero-order valence-corrected chi connectivity index (χ0v) is 18.3. The molecule has 5 heteroatoms. The number of hydrogen-bond donors (Lipinski definition) is 1. The molecule has 0 bridgehead atoms. The van der Waals surface area contributed by atoms with Crippen molar-refractivity contribution < 1.29 is 9.59 Å². The van der Waals surface area contributed by atoms with Gasteiger partial charge in [-0.15, -0.1) is 0 Å². The lowest BCUT2D eigenvalue weighted by molar-refractivity contribution is -0.141. The number of benzene rings is 2. The molecule has 0 spiro atoms. The number of para-hydroxylation sites is 1. The van der Waals surface area contributed by atoms with Crippen LogP contribution in [0.25, 0.3) is 10.9 Å². The number of amides is 2. The predicted octanol–water partition coefficient (Wildman–Crippen LogP) is 4.30. The average molecular weight is 406 g/mol. The summed E-state index contributed by atoms with van der Waals surface area (Å²) >= 11 is 0. The third kappa shape index (κ3) is 5.29. The third-order valence-electron chi connectivity index (χ3n) is 5.51. The molecule has 1 heterocycles. The maximum atomic E-state index is 13.2. The molecule has 2 aromatic carbocycles. The Hall–Kier alpha value is -3.08. The smallest absolute Gasteiger partial charge is 0.242 e. The molecule has 3 rings (SSSR count). The minimum atomic E-state index is -0.0785. The number of carbonyl (C=O) groups excluding carboxylic acids is 2. The Bertz CT molecular complexity index is 1000. The van der Waals surface area contributed by atoms with E-state index in [1.54, 1.807) is 4.90 Å². The zero-order chi connectivity index (χ0) is 21.7. The van der Waals surface area contributed by atoms with Gasteiger partial charge < -0.3 is 14.8 Å².